The van der Waals surface area contributed by atoms with E-state index in [1.807, 2.05) is 22.4 Å². The standard InChI is InChI=1S/C18H21N7O2S/c26-18(14-4-3-9-28-14)24-7-8-27-13(10-24)11-25-17-15(21-22-25)16(19-12-20-17)23-5-1-2-6-23/h3-4,9,12-13H,1-2,5-8,10-11H2. The van der Waals surface area contributed by atoms with Gasteiger partial charge in [0.2, 0.25) is 0 Å². The van der Waals surface area contributed by atoms with Crippen molar-refractivity contribution in [3.05, 3.63) is 28.7 Å². The predicted octanol–water partition coefficient (Wildman–Crippen LogP) is 1.42. The lowest BCUT2D eigenvalue weighted by Gasteiger charge is -2.32. The van der Waals surface area contributed by atoms with E-state index >= 15 is 0 Å². The summed E-state index contributed by atoms with van der Waals surface area (Å²) < 4.78 is 7.66. The molecule has 0 radical (unpaired) electrons. The Morgan fingerprint density at radius 3 is 2.96 bits per heavy atom. The first-order chi connectivity index (χ1) is 13.8. The van der Waals surface area contributed by atoms with Gasteiger partial charge in [0, 0.05) is 26.2 Å². The molecule has 28 heavy (non-hydrogen) atoms. The van der Waals surface area contributed by atoms with Crippen molar-refractivity contribution in [1.29, 1.82) is 0 Å². The molecule has 1 atom stereocenters. The van der Waals surface area contributed by atoms with Crippen molar-refractivity contribution in [2.75, 3.05) is 37.7 Å². The first-order valence-electron chi connectivity index (χ1n) is 9.53. The van der Waals surface area contributed by atoms with Crippen molar-refractivity contribution in [2.24, 2.45) is 0 Å². The van der Waals surface area contributed by atoms with Crippen molar-refractivity contribution in [2.45, 2.75) is 25.5 Å². The molecular weight excluding hydrogens is 378 g/mol. The Kier molecular flexibility index (Phi) is 4.65. The predicted molar refractivity (Wildman–Crippen MR) is 105 cm³/mol. The largest absolute Gasteiger partial charge is 0.373 e. The highest BCUT2D eigenvalue weighted by atomic mass is 32.1. The summed E-state index contributed by atoms with van der Waals surface area (Å²) in [6.45, 7) is 4.13. The van der Waals surface area contributed by atoms with Crippen LogP contribution in [0.15, 0.2) is 23.8 Å². The monoisotopic (exact) mass is 399 g/mol. The molecule has 5 heterocycles. The minimum absolute atomic E-state index is 0.0605. The van der Waals surface area contributed by atoms with Gasteiger partial charge in [-0.2, -0.15) is 0 Å². The lowest BCUT2D eigenvalue weighted by atomic mass is 10.2. The molecule has 0 N–H and O–H groups in total. The van der Waals surface area contributed by atoms with E-state index in [1.165, 1.54) is 24.2 Å². The molecule has 0 aliphatic carbocycles. The minimum Gasteiger partial charge on any atom is -0.373 e. The summed E-state index contributed by atoms with van der Waals surface area (Å²) in [5, 5.41) is 10.6. The zero-order chi connectivity index (χ0) is 18.9. The lowest BCUT2D eigenvalue weighted by molar-refractivity contribution is -0.0295. The molecule has 5 rings (SSSR count). The van der Waals surface area contributed by atoms with Gasteiger partial charge in [0.15, 0.2) is 17.0 Å². The van der Waals surface area contributed by atoms with Crippen LogP contribution in [-0.2, 0) is 11.3 Å². The molecule has 1 unspecified atom stereocenters. The summed E-state index contributed by atoms with van der Waals surface area (Å²) in [7, 11) is 0. The first kappa shape index (κ1) is 17.5. The summed E-state index contributed by atoms with van der Waals surface area (Å²) in [4.78, 5) is 26.3. The highest BCUT2D eigenvalue weighted by Gasteiger charge is 2.27. The molecule has 3 aromatic rings. The van der Waals surface area contributed by atoms with Crippen LogP contribution in [0.2, 0.25) is 0 Å². The number of aromatic nitrogens is 5. The zero-order valence-corrected chi connectivity index (χ0v) is 16.2. The molecule has 10 heteroatoms. The average molecular weight is 399 g/mol. The van der Waals surface area contributed by atoms with Gasteiger partial charge in [-0.05, 0) is 24.3 Å². The normalized spacial score (nSPS) is 20.2. The third kappa shape index (κ3) is 3.22. The van der Waals surface area contributed by atoms with Crippen LogP contribution in [0.3, 0.4) is 0 Å². The fourth-order valence-electron chi connectivity index (χ4n) is 3.83. The molecule has 9 nitrogen and oxygen atoms in total. The molecule has 0 aromatic carbocycles. The third-order valence-corrected chi connectivity index (χ3v) is 6.08. The molecule has 0 saturated carbocycles. The maximum Gasteiger partial charge on any atom is 0.264 e. The highest BCUT2D eigenvalue weighted by molar-refractivity contribution is 7.12. The number of ether oxygens (including phenoxy) is 1. The topological polar surface area (TPSA) is 89.3 Å². The van der Waals surface area contributed by atoms with Crippen LogP contribution in [-0.4, -0.2) is 74.7 Å². The lowest BCUT2D eigenvalue weighted by Crippen LogP contribution is -2.47. The summed E-state index contributed by atoms with van der Waals surface area (Å²) in [5.41, 5.74) is 1.44. The van der Waals surface area contributed by atoms with E-state index in [-0.39, 0.29) is 12.0 Å². The number of fused-ring (bicyclic) bond motifs is 1. The fourth-order valence-corrected chi connectivity index (χ4v) is 4.52. The number of amides is 1. The van der Waals surface area contributed by atoms with E-state index in [9.17, 15) is 4.79 Å². The van der Waals surface area contributed by atoms with Crippen molar-refractivity contribution >= 4 is 34.2 Å². The summed E-state index contributed by atoms with van der Waals surface area (Å²) in [6.07, 6.45) is 3.77. The number of morpholine rings is 1. The Bertz CT molecular complexity index is 968. The maximum absolute atomic E-state index is 12.6. The Labute approximate surface area is 165 Å². The second kappa shape index (κ2) is 7.44. The Balaban J connectivity index is 1.34. The number of anilines is 1. The van der Waals surface area contributed by atoms with E-state index in [2.05, 4.69) is 25.2 Å². The molecule has 2 aliphatic heterocycles. The number of carbonyl (C=O) groups is 1. The average Bonchev–Trinajstić information content (AvgIpc) is 3.49. The number of nitrogens with zero attached hydrogens (tertiary/aromatic N) is 7. The van der Waals surface area contributed by atoms with E-state index in [0.717, 1.165) is 29.3 Å². The van der Waals surface area contributed by atoms with Crippen LogP contribution in [0.5, 0.6) is 0 Å². The highest BCUT2D eigenvalue weighted by Crippen LogP contribution is 2.24. The summed E-state index contributed by atoms with van der Waals surface area (Å²) >= 11 is 1.47. The Morgan fingerprint density at radius 2 is 2.14 bits per heavy atom. The van der Waals surface area contributed by atoms with Gasteiger partial charge in [0.1, 0.15) is 6.33 Å². The van der Waals surface area contributed by atoms with Crippen molar-refractivity contribution < 1.29 is 9.53 Å². The van der Waals surface area contributed by atoms with Gasteiger partial charge in [0.25, 0.3) is 5.91 Å². The summed E-state index contributed by atoms with van der Waals surface area (Å²) in [6, 6.07) is 3.76. The Morgan fingerprint density at radius 1 is 1.25 bits per heavy atom. The van der Waals surface area contributed by atoms with Crippen LogP contribution >= 0.6 is 11.3 Å². The van der Waals surface area contributed by atoms with Gasteiger partial charge in [-0.1, -0.05) is 11.3 Å². The number of thiophene rings is 1. The zero-order valence-electron chi connectivity index (χ0n) is 15.4. The number of rotatable bonds is 4. The Hall–Kier alpha value is -2.59. The van der Waals surface area contributed by atoms with Crippen LogP contribution in [0.1, 0.15) is 22.5 Å². The van der Waals surface area contributed by atoms with Crippen LogP contribution in [0.25, 0.3) is 11.2 Å². The van der Waals surface area contributed by atoms with E-state index in [0.29, 0.717) is 31.9 Å². The van der Waals surface area contributed by atoms with E-state index in [1.54, 1.807) is 11.0 Å². The molecule has 0 spiro atoms. The summed E-state index contributed by atoms with van der Waals surface area (Å²) in [5.74, 6) is 0.915. The second-order valence-electron chi connectivity index (χ2n) is 7.06. The van der Waals surface area contributed by atoms with Gasteiger partial charge in [0.05, 0.1) is 24.1 Å². The van der Waals surface area contributed by atoms with Crippen LogP contribution in [0, 0.1) is 0 Å². The molecule has 2 aliphatic rings. The minimum atomic E-state index is -0.146. The quantitative estimate of drug-likeness (QED) is 0.655. The third-order valence-electron chi connectivity index (χ3n) is 5.22. The smallest absolute Gasteiger partial charge is 0.264 e. The SMILES string of the molecule is O=C(c1cccs1)N1CCOC(Cn2nnc3c(N4CCCC4)ncnc32)C1. The van der Waals surface area contributed by atoms with Crippen molar-refractivity contribution in [3.8, 4) is 0 Å². The van der Waals surface area contributed by atoms with E-state index in [4.69, 9.17) is 4.74 Å². The number of carbonyl (C=O) groups excluding carboxylic acids is 1. The molecule has 0 bridgehead atoms. The van der Waals surface area contributed by atoms with Gasteiger partial charge in [-0.3, -0.25) is 4.79 Å². The van der Waals surface area contributed by atoms with Gasteiger partial charge >= 0.3 is 0 Å². The van der Waals surface area contributed by atoms with Gasteiger partial charge in [-0.25, -0.2) is 14.6 Å². The van der Waals surface area contributed by atoms with Gasteiger partial charge < -0.3 is 14.5 Å². The number of hydrogen-bond donors (Lipinski definition) is 0. The maximum atomic E-state index is 12.6. The molecular formula is C18H21N7O2S. The van der Waals surface area contributed by atoms with Crippen LogP contribution < -0.4 is 4.90 Å². The second-order valence-corrected chi connectivity index (χ2v) is 8.00. The van der Waals surface area contributed by atoms with Gasteiger partial charge in [-0.15, -0.1) is 16.4 Å². The molecule has 2 fully saturated rings. The first-order valence-corrected chi connectivity index (χ1v) is 10.4. The van der Waals surface area contributed by atoms with Crippen molar-refractivity contribution in [1.82, 2.24) is 29.9 Å². The number of hydrogen-bond acceptors (Lipinski definition) is 8. The molecule has 2 saturated heterocycles. The fraction of sp³-hybridized carbons (Fsp3) is 0.500. The van der Waals surface area contributed by atoms with Crippen molar-refractivity contribution in [3.63, 3.8) is 0 Å². The van der Waals surface area contributed by atoms with E-state index < -0.39 is 0 Å². The molecule has 1 amide bonds. The van der Waals surface area contributed by atoms with Crippen LogP contribution in [0.4, 0.5) is 5.82 Å². The molecule has 146 valence electrons. The molecule has 3 aromatic heterocycles.